The SMILES string of the molecule is O=C1C([N+](=O)[O-])=CC([N+](=O)[O-])=C/C1=N\N=c1/ccc(O)c2n(O)cccc1-2. The highest BCUT2D eigenvalue weighted by atomic mass is 16.6. The molecule has 3 aliphatic rings. The van der Waals surface area contributed by atoms with E-state index in [9.17, 15) is 35.3 Å². The quantitative estimate of drug-likeness (QED) is 0.345. The molecule has 0 bridgehead atoms. The molecule has 0 amide bonds. The Hall–Kier alpha value is -4.35. The summed E-state index contributed by atoms with van der Waals surface area (Å²) >= 11 is 0. The van der Waals surface area contributed by atoms with E-state index >= 15 is 0 Å². The Kier molecular flexibility index (Phi) is 4.21. The summed E-state index contributed by atoms with van der Waals surface area (Å²) in [6.45, 7) is 0. The molecule has 136 valence electrons. The fraction of sp³-hybridized carbons (Fsp3) is 0. The molecule has 1 aliphatic heterocycles. The molecule has 27 heavy (non-hydrogen) atoms. The fourth-order valence-corrected chi connectivity index (χ4v) is 2.38. The monoisotopic (exact) mass is 371 g/mol. The summed E-state index contributed by atoms with van der Waals surface area (Å²) in [6.07, 6.45) is 2.59. The molecule has 0 unspecified atom stereocenters. The molecule has 2 N–H and O–H groups in total. The lowest BCUT2D eigenvalue weighted by atomic mass is 10.1. The summed E-state index contributed by atoms with van der Waals surface area (Å²) in [5.74, 6) is -1.38. The molecule has 0 fully saturated rings. The minimum atomic E-state index is -1.13. The van der Waals surface area contributed by atoms with Crippen LogP contribution in [-0.4, -0.2) is 36.4 Å². The first-order valence-electron chi connectivity index (χ1n) is 7.20. The van der Waals surface area contributed by atoms with Gasteiger partial charge in [0, 0.05) is 17.8 Å². The lowest BCUT2D eigenvalue weighted by Crippen LogP contribution is -2.25. The van der Waals surface area contributed by atoms with Crippen molar-refractivity contribution in [3.63, 3.8) is 0 Å². The number of Topliss-reactive ketones (excluding diaryl/α,β-unsaturated/α-hetero) is 1. The van der Waals surface area contributed by atoms with Crippen LogP contribution in [-0.2, 0) is 4.79 Å². The summed E-state index contributed by atoms with van der Waals surface area (Å²) in [7, 11) is 0. The molecule has 12 nitrogen and oxygen atoms in total. The minimum Gasteiger partial charge on any atom is -0.506 e. The zero-order chi connectivity index (χ0) is 19.7. The minimum absolute atomic E-state index is 0.0151. The van der Waals surface area contributed by atoms with Crippen LogP contribution in [0.2, 0.25) is 0 Å². The van der Waals surface area contributed by atoms with Crippen LogP contribution in [0.3, 0.4) is 0 Å². The van der Waals surface area contributed by atoms with Crippen molar-refractivity contribution in [3.8, 4) is 17.0 Å². The van der Waals surface area contributed by atoms with Gasteiger partial charge in [-0.1, -0.05) is 0 Å². The van der Waals surface area contributed by atoms with E-state index in [0.29, 0.717) is 10.8 Å². The molecule has 0 radical (unpaired) electrons. The number of aromatic nitrogens is 1. The van der Waals surface area contributed by atoms with Gasteiger partial charge in [0.1, 0.15) is 17.2 Å². The number of hydrogen-bond donors (Lipinski definition) is 2. The smallest absolute Gasteiger partial charge is 0.325 e. The van der Waals surface area contributed by atoms with Crippen LogP contribution < -0.4 is 5.36 Å². The Morgan fingerprint density at radius 1 is 1.04 bits per heavy atom. The number of ketones is 1. The van der Waals surface area contributed by atoms with Gasteiger partial charge in [0.25, 0.3) is 11.5 Å². The Bertz CT molecular complexity index is 1130. The van der Waals surface area contributed by atoms with Crippen LogP contribution in [0.4, 0.5) is 0 Å². The number of carbonyl (C=O) groups is 1. The molecule has 0 saturated carbocycles. The second-order valence-electron chi connectivity index (χ2n) is 5.25. The van der Waals surface area contributed by atoms with Crippen molar-refractivity contribution < 1.29 is 25.0 Å². The highest BCUT2D eigenvalue weighted by Crippen LogP contribution is 2.26. The zero-order valence-electron chi connectivity index (χ0n) is 13.2. The van der Waals surface area contributed by atoms with E-state index in [1.807, 2.05) is 0 Å². The number of benzene rings is 1. The van der Waals surface area contributed by atoms with Gasteiger partial charge in [0.15, 0.2) is 0 Å². The van der Waals surface area contributed by atoms with Crippen molar-refractivity contribution in [3.05, 3.63) is 79.6 Å². The van der Waals surface area contributed by atoms with Crippen molar-refractivity contribution in [2.45, 2.75) is 0 Å². The standard InChI is InChI=1S/C15H9N5O7/c21-13-4-3-10(9-2-1-5-18(23)14(9)13)16-17-11-6-8(19(24)25)7-12(15(11)22)20(26)27/h1-7,21,23H/b16-10+,17-11+. The molecule has 12 heteroatoms. The maximum atomic E-state index is 12.1. The van der Waals surface area contributed by atoms with Gasteiger partial charge in [0.2, 0.25) is 0 Å². The first-order chi connectivity index (χ1) is 12.8. The molecule has 0 atom stereocenters. The highest BCUT2D eigenvalue weighted by Gasteiger charge is 2.34. The second kappa shape index (κ2) is 6.51. The number of rotatable bonds is 3. The molecular weight excluding hydrogens is 362 g/mol. The van der Waals surface area contributed by atoms with Gasteiger partial charge < -0.3 is 10.3 Å². The second-order valence-corrected chi connectivity index (χ2v) is 5.25. The van der Waals surface area contributed by atoms with Crippen molar-refractivity contribution in [2.75, 3.05) is 0 Å². The molecule has 1 heterocycles. The van der Waals surface area contributed by atoms with Crippen LogP contribution in [0.5, 0.6) is 5.75 Å². The van der Waals surface area contributed by atoms with Gasteiger partial charge in [-0.05, 0) is 24.3 Å². The van der Waals surface area contributed by atoms with Crippen molar-refractivity contribution in [1.29, 1.82) is 0 Å². The summed E-state index contributed by atoms with van der Waals surface area (Å²) in [5, 5.41) is 49.0. The number of nitrogens with zero attached hydrogens (tertiary/aromatic N) is 5. The van der Waals surface area contributed by atoms with Gasteiger partial charge in [-0.3, -0.25) is 25.0 Å². The van der Waals surface area contributed by atoms with Crippen LogP contribution in [0.15, 0.2) is 64.2 Å². The van der Waals surface area contributed by atoms with E-state index in [0.717, 1.165) is 6.08 Å². The fourth-order valence-electron chi connectivity index (χ4n) is 2.38. The summed E-state index contributed by atoms with van der Waals surface area (Å²) in [6, 6.07) is 5.51. The number of phenolic OH excluding ortho intramolecular Hbond substituents is 1. The third-order valence-electron chi connectivity index (χ3n) is 3.60. The topological polar surface area (TPSA) is 173 Å². The van der Waals surface area contributed by atoms with Crippen LogP contribution in [0.25, 0.3) is 11.3 Å². The van der Waals surface area contributed by atoms with Crippen LogP contribution in [0.1, 0.15) is 0 Å². The van der Waals surface area contributed by atoms with Gasteiger partial charge in [-0.15, -0.1) is 10.2 Å². The van der Waals surface area contributed by atoms with E-state index in [-0.39, 0.29) is 22.4 Å². The Morgan fingerprint density at radius 2 is 1.78 bits per heavy atom. The summed E-state index contributed by atoms with van der Waals surface area (Å²) in [4.78, 5) is 32.0. The molecular formula is C15H9N5O7. The number of fused-ring (bicyclic) bond motifs is 1. The molecule has 0 saturated heterocycles. The third kappa shape index (κ3) is 3.13. The number of hydrogen-bond acceptors (Lipinski definition) is 9. The van der Waals surface area contributed by atoms with Gasteiger partial charge in [-0.25, -0.2) is 0 Å². The first kappa shape index (κ1) is 17.5. The van der Waals surface area contributed by atoms with E-state index in [4.69, 9.17) is 0 Å². The number of phenols is 1. The highest BCUT2D eigenvalue weighted by molar-refractivity contribution is 6.49. The largest absolute Gasteiger partial charge is 0.506 e. The maximum absolute atomic E-state index is 12.1. The van der Waals surface area contributed by atoms with Crippen molar-refractivity contribution >= 4 is 11.5 Å². The Labute approximate surface area is 148 Å². The Morgan fingerprint density at radius 3 is 2.44 bits per heavy atom. The normalized spacial score (nSPS) is 16.4. The van der Waals surface area contributed by atoms with E-state index in [1.165, 1.54) is 30.5 Å². The van der Waals surface area contributed by atoms with Gasteiger partial charge >= 0.3 is 5.70 Å². The van der Waals surface area contributed by atoms with E-state index < -0.39 is 32.7 Å². The van der Waals surface area contributed by atoms with Gasteiger partial charge in [0.05, 0.1) is 21.3 Å². The molecule has 0 aromatic rings. The summed E-state index contributed by atoms with van der Waals surface area (Å²) in [5.41, 5.74) is -2.00. The average molecular weight is 371 g/mol. The predicted octanol–water partition coefficient (Wildman–Crippen LogP) is 0.696. The molecule has 2 aliphatic carbocycles. The predicted molar refractivity (Wildman–Crippen MR) is 88.1 cm³/mol. The molecule has 0 aromatic carbocycles. The van der Waals surface area contributed by atoms with E-state index in [1.54, 1.807) is 0 Å². The zero-order valence-corrected chi connectivity index (χ0v) is 13.2. The lowest BCUT2D eigenvalue weighted by molar-refractivity contribution is -0.430. The van der Waals surface area contributed by atoms with Crippen molar-refractivity contribution in [2.24, 2.45) is 10.2 Å². The third-order valence-corrected chi connectivity index (χ3v) is 3.60. The number of aromatic hydroxyl groups is 1. The number of pyridine rings is 1. The lowest BCUT2D eigenvalue weighted by Gasteiger charge is -2.11. The van der Waals surface area contributed by atoms with Crippen LogP contribution in [0, 0.1) is 20.2 Å². The van der Waals surface area contributed by atoms with Crippen molar-refractivity contribution in [1.82, 2.24) is 4.73 Å². The molecule has 0 aromatic heterocycles. The summed E-state index contributed by atoms with van der Waals surface area (Å²) < 4.78 is 0.654. The first-order valence-corrected chi connectivity index (χ1v) is 7.20. The average Bonchev–Trinajstić information content (AvgIpc) is 2.61. The maximum Gasteiger partial charge on any atom is 0.325 e. The van der Waals surface area contributed by atoms with Gasteiger partial charge in [-0.2, -0.15) is 4.73 Å². The molecule has 0 spiro atoms. The molecule has 3 rings (SSSR count). The number of nitro groups is 2. The van der Waals surface area contributed by atoms with E-state index in [2.05, 4.69) is 10.2 Å². The Balaban J connectivity index is 2.16. The number of allylic oxidation sites excluding steroid dienone is 3. The van der Waals surface area contributed by atoms with Crippen LogP contribution >= 0.6 is 0 Å². The number of carbonyl (C=O) groups excluding carboxylic acids is 1.